The molecule has 1 aromatic rings. The fourth-order valence-electron chi connectivity index (χ4n) is 1.66. The van der Waals surface area contributed by atoms with Crippen molar-refractivity contribution in [1.29, 1.82) is 0 Å². The molecule has 1 aromatic carbocycles. The van der Waals surface area contributed by atoms with Gasteiger partial charge >= 0.3 is 0 Å². The van der Waals surface area contributed by atoms with Gasteiger partial charge < -0.3 is 5.73 Å². The predicted molar refractivity (Wildman–Crippen MR) is 67.0 cm³/mol. The Morgan fingerprint density at radius 3 is 2.24 bits per heavy atom. The van der Waals surface area contributed by atoms with Crippen molar-refractivity contribution in [3.8, 4) is 0 Å². The van der Waals surface area contributed by atoms with Crippen LogP contribution in [0, 0.1) is 0 Å². The van der Waals surface area contributed by atoms with Crippen LogP contribution in [0.5, 0.6) is 0 Å². The van der Waals surface area contributed by atoms with Gasteiger partial charge in [0.1, 0.15) is 6.04 Å². The molecule has 5 nitrogen and oxygen atoms in total. The van der Waals surface area contributed by atoms with Gasteiger partial charge in [-0.2, -0.15) is 0 Å². The number of carbonyl (C=O) groups is 1. The summed E-state index contributed by atoms with van der Waals surface area (Å²) < 4.78 is 24.6. The van der Waals surface area contributed by atoms with Gasteiger partial charge in [-0.3, -0.25) is 9.10 Å². The lowest BCUT2D eigenvalue weighted by Gasteiger charge is -2.28. The number of rotatable bonds is 5. The van der Waals surface area contributed by atoms with Crippen molar-refractivity contribution >= 4 is 21.6 Å². The van der Waals surface area contributed by atoms with Crippen molar-refractivity contribution in [2.75, 3.05) is 10.6 Å². The molecule has 0 unspecified atom stereocenters. The third-order valence-corrected chi connectivity index (χ3v) is 3.55. The summed E-state index contributed by atoms with van der Waals surface area (Å²) in [6.07, 6.45) is 1.39. The van der Waals surface area contributed by atoms with Crippen LogP contribution in [0.2, 0.25) is 0 Å². The second-order valence-electron chi connectivity index (χ2n) is 3.72. The maximum absolute atomic E-state index is 11.8. The van der Waals surface area contributed by atoms with Gasteiger partial charge in [-0.05, 0) is 18.6 Å². The van der Waals surface area contributed by atoms with E-state index in [4.69, 9.17) is 5.73 Å². The van der Waals surface area contributed by atoms with Crippen molar-refractivity contribution in [3.05, 3.63) is 30.3 Å². The molecule has 0 saturated heterocycles. The molecule has 0 saturated carbocycles. The lowest BCUT2D eigenvalue weighted by Crippen LogP contribution is -2.47. The molecule has 2 N–H and O–H groups in total. The van der Waals surface area contributed by atoms with Crippen LogP contribution >= 0.6 is 0 Å². The standard InChI is InChI=1S/C11H16N2O3S/c1-3-10(11(12)14)13(17(2,15)16)9-7-5-4-6-8-9/h4-8,10H,3H2,1-2H3,(H2,12,14)/t10-/m0/s1. The average Bonchev–Trinajstić information content (AvgIpc) is 2.24. The fraction of sp³-hybridized carbons (Fsp3) is 0.364. The molecule has 17 heavy (non-hydrogen) atoms. The Labute approximate surface area is 101 Å². The predicted octanol–water partition coefficient (Wildman–Crippen LogP) is 0.717. The van der Waals surface area contributed by atoms with Gasteiger partial charge in [0.05, 0.1) is 11.9 Å². The summed E-state index contributed by atoms with van der Waals surface area (Å²) in [6, 6.07) is 7.60. The summed E-state index contributed by atoms with van der Waals surface area (Å²) in [6.45, 7) is 1.72. The molecule has 6 heteroatoms. The Bertz CT molecular complexity index is 485. The molecule has 1 rings (SSSR count). The minimum atomic E-state index is -3.54. The Morgan fingerprint density at radius 2 is 1.88 bits per heavy atom. The number of nitrogens with two attached hydrogens (primary N) is 1. The van der Waals surface area contributed by atoms with E-state index in [-0.39, 0.29) is 0 Å². The second-order valence-corrected chi connectivity index (χ2v) is 5.58. The lowest BCUT2D eigenvalue weighted by molar-refractivity contribution is -0.119. The topological polar surface area (TPSA) is 80.5 Å². The number of benzene rings is 1. The van der Waals surface area contributed by atoms with E-state index in [1.165, 1.54) is 0 Å². The third-order valence-electron chi connectivity index (χ3n) is 2.37. The molecule has 0 radical (unpaired) electrons. The van der Waals surface area contributed by atoms with Crippen molar-refractivity contribution in [1.82, 2.24) is 0 Å². The van der Waals surface area contributed by atoms with Gasteiger partial charge in [-0.15, -0.1) is 0 Å². The molecule has 0 aromatic heterocycles. The first-order chi connectivity index (χ1) is 7.88. The summed E-state index contributed by atoms with van der Waals surface area (Å²) in [4.78, 5) is 11.3. The van der Waals surface area contributed by atoms with E-state index in [0.717, 1.165) is 10.6 Å². The first-order valence-electron chi connectivity index (χ1n) is 5.21. The van der Waals surface area contributed by atoms with Gasteiger partial charge in [0, 0.05) is 0 Å². The number of primary amides is 1. The summed E-state index contributed by atoms with van der Waals surface area (Å²) in [7, 11) is -3.54. The molecule has 0 bridgehead atoms. The summed E-state index contributed by atoms with van der Waals surface area (Å²) in [5.74, 6) is -0.651. The Balaban J connectivity index is 3.28. The SMILES string of the molecule is CC[C@@H](C(N)=O)N(c1ccccc1)S(C)(=O)=O. The molecular weight excluding hydrogens is 240 g/mol. The van der Waals surface area contributed by atoms with Crippen LogP contribution in [0.15, 0.2) is 30.3 Å². The van der Waals surface area contributed by atoms with Gasteiger partial charge in [0.25, 0.3) is 0 Å². The molecule has 0 heterocycles. The third kappa shape index (κ3) is 3.20. The zero-order valence-electron chi connectivity index (χ0n) is 9.83. The monoisotopic (exact) mass is 256 g/mol. The fourth-order valence-corrected chi connectivity index (χ4v) is 2.88. The van der Waals surface area contributed by atoms with E-state index in [2.05, 4.69) is 0 Å². The highest BCUT2D eigenvalue weighted by molar-refractivity contribution is 7.92. The maximum atomic E-state index is 11.8. The van der Waals surface area contributed by atoms with Crippen LogP contribution in [0.3, 0.4) is 0 Å². The summed E-state index contributed by atoms with van der Waals surface area (Å²) >= 11 is 0. The zero-order chi connectivity index (χ0) is 13.1. The Morgan fingerprint density at radius 1 is 1.35 bits per heavy atom. The molecule has 0 aliphatic heterocycles. The number of sulfonamides is 1. The van der Waals surface area contributed by atoms with E-state index >= 15 is 0 Å². The van der Waals surface area contributed by atoms with Crippen LogP contribution in [0.1, 0.15) is 13.3 Å². The number of hydrogen-bond acceptors (Lipinski definition) is 3. The largest absolute Gasteiger partial charge is 0.368 e. The van der Waals surface area contributed by atoms with Crippen LogP contribution in [0.25, 0.3) is 0 Å². The molecule has 94 valence electrons. The van der Waals surface area contributed by atoms with Gasteiger partial charge in [-0.25, -0.2) is 8.42 Å². The molecule has 1 amide bonds. The molecule has 0 aliphatic carbocycles. The maximum Gasteiger partial charge on any atom is 0.241 e. The highest BCUT2D eigenvalue weighted by Crippen LogP contribution is 2.21. The number of carbonyl (C=O) groups excluding carboxylic acids is 1. The molecular formula is C11H16N2O3S. The van der Waals surface area contributed by atoms with Crippen molar-refractivity contribution in [2.24, 2.45) is 5.73 Å². The van der Waals surface area contributed by atoms with E-state index < -0.39 is 22.0 Å². The summed E-state index contributed by atoms with van der Waals surface area (Å²) in [5, 5.41) is 0. The molecule has 1 atom stereocenters. The van der Waals surface area contributed by atoms with Crippen LogP contribution < -0.4 is 10.0 Å². The number of para-hydroxylation sites is 1. The minimum absolute atomic E-state index is 0.331. The smallest absolute Gasteiger partial charge is 0.241 e. The number of hydrogen-bond donors (Lipinski definition) is 1. The van der Waals surface area contributed by atoms with Gasteiger partial charge in [-0.1, -0.05) is 25.1 Å². The Kier molecular flexibility index (Phi) is 4.11. The van der Waals surface area contributed by atoms with Crippen molar-refractivity contribution < 1.29 is 13.2 Å². The first-order valence-corrected chi connectivity index (χ1v) is 7.06. The normalized spacial score (nSPS) is 13.1. The van der Waals surface area contributed by atoms with Crippen molar-refractivity contribution in [2.45, 2.75) is 19.4 Å². The zero-order valence-corrected chi connectivity index (χ0v) is 10.6. The van der Waals surface area contributed by atoms with Crippen LogP contribution in [0.4, 0.5) is 5.69 Å². The van der Waals surface area contributed by atoms with Gasteiger partial charge in [0.2, 0.25) is 15.9 Å². The summed E-state index contributed by atoms with van der Waals surface area (Å²) in [5.41, 5.74) is 5.68. The average molecular weight is 256 g/mol. The van der Waals surface area contributed by atoms with Crippen LogP contribution in [-0.4, -0.2) is 26.6 Å². The molecule has 0 aliphatic rings. The van der Waals surface area contributed by atoms with E-state index in [9.17, 15) is 13.2 Å². The highest BCUT2D eigenvalue weighted by Gasteiger charge is 2.29. The van der Waals surface area contributed by atoms with E-state index in [1.807, 2.05) is 0 Å². The number of nitrogens with zero attached hydrogens (tertiary/aromatic N) is 1. The van der Waals surface area contributed by atoms with Crippen LogP contribution in [-0.2, 0) is 14.8 Å². The minimum Gasteiger partial charge on any atom is -0.368 e. The highest BCUT2D eigenvalue weighted by atomic mass is 32.2. The molecule has 0 fully saturated rings. The number of anilines is 1. The van der Waals surface area contributed by atoms with E-state index in [0.29, 0.717) is 12.1 Å². The molecule has 0 spiro atoms. The van der Waals surface area contributed by atoms with Gasteiger partial charge in [0.15, 0.2) is 0 Å². The number of amides is 1. The Hall–Kier alpha value is -1.56. The van der Waals surface area contributed by atoms with E-state index in [1.54, 1.807) is 37.3 Å². The first kappa shape index (κ1) is 13.5. The quantitative estimate of drug-likeness (QED) is 0.842. The van der Waals surface area contributed by atoms with Crippen molar-refractivity contribution in [3.63, 3.8) is 0 Å². The second kappa shape index (κ2) is 5.18. The lowest BCUT2D eigenvalue weighted by atomic mass is 10.2.